The molecule has 0 radical (unpaired) electrons. The molecule has 1 atom stereocenters. The van der Waals surface area contributed by atoms with E-state index < -0.39 is 0 Å². The fourth-order valence-electron chi connectivity index (χ4n) is 2.39. The predicted molar refractivity (Wildman–Crippen MR) is 70.2 cm³/mol. The van der Waals surface area contributed by atoms with Gasteiger partial charge >= 0.3 is 0 Å². The first-order chi connectivity index (χ1) is 8.42. The summed E-state index contributed by atoms with van der Waals surface area (Å²) in [5.41, 5.74) is 2.12. The van der Waals surface area contributed by atoms with Crippen molar-refractivity contribution in [3.05, 3.63) is 24.3 Å². The Hall–Kier alpha value is -1.55. The lowest BCUT2D eigenvalue weighted by Gasteiger charge is -2.07. The van der Waals surface area contributed by atoms with Gasteiger partial charge in [0.15, 0.2) is 0 Å². The van der Waals surface area contributed by atoms with E-state index >= 15 is 0 Å². The number of imidazole rings is 1. The summed E-state index contributed by atoms with van der Waals surface area (Å²) in [6.45, 7) is 3.34. The van der Waals surface area contributed by atoms with Crippen molar-refractivity contribution in [1.82, 2.24) is 15.3 Å². The van der Waals surface area contributed by atoms with Crippen molar-refractivity contribution in [3.8, 4) is 0 Å². The maximum absolute atomic E-state index is 4.49. The minimum absolute atomic E-state index is 0.826. The van der Waals surface area contributed by atoms with Gasteiger partial charge in [0.1, 0.15) is 0 Å². The summed E-state index contributed by atoms with van der Waals surface area (Å²) in [4.78, 5) is 7.78. The SMILES string of the molecule is c1ccc2[nH]c(NCCC3CCNC3)nc2c1. The highest BCUT2D eigenvalue weighted by Crippen LogP contribution is 2.15. The first-order valence-electron chi connectivity index (χ1n) is 6.31. The van der Waals surface area contributed by atoms with Crippen LogP contribution >= 0.6 is 0 Å². The third-order valence-electron chi connectivity index (χ3n) is 3.40. The Kier molecular flexibility index (Phi) is 2.96. The average Bonchev–Trinajstić information content (AvgIpc) is 2.96. The molecule has 3 N–H and O–H groups in total. The summed E-state index contributed by atoms with van der Waals surface area (Å²) < 4.78 is 0. The van der Waals surface area contributed by atoms with Crippen LogP contribution in [0.2, 0.25) is 0 Å². The fourth-order valence-corrected chi connectivity index (χ4v) is 2.39. The van der Waals surface area contributed by atoms with Crippen LogP contribution in [0.4, 0.5) is 5.95 Å². The third kappa shape index (κ3) is 2.42. The minimum atomic E-state index is 0.826. The Morgan fingerprint density at radius 3 is 3.12 bits per heavy atom. The maximum Gasteiger partial charge on any atom is 0.201 e. The van der Waals surface area contributed by atoms with Crippen LogP contribution in [0.1, 0.15) is 12.8 Å². The second kappa shape index (κ2) is 4.75. The van der Waals surface area contributed by atoms with Gasteiger partial charge in [-0.3, -0.25) is 0 Å². The molecule has 1 aromatic heterocycles. The Balaban J connectivity index is 1.57. The number of nitrogens with zero attached hydrogens (tertiary/aromatic N) is 1. The number of anilines is 1. The molecule has 0 amide bonds. The number of hydrogen-bond donors (Lipinski definition) is 3. The molecule has 17 heavy (non-hydrogen) atoms. The van der Waals surface area contributed by atoms with Gasteiger partial charge in [-0.05, 0) is 44.0 Å². The van der Waals surface area contributed by atoms with Crippen LogP contribution < -0.4 is 10.6 Å². The largest absolute Gasteiger partial charge is 0.356 e. The van der Waals surface area contributed by atoms with Crippen LogP contribution in [0.3, 0.4) is 0 Å². The van der Waals surface area contributed by atoms with Crippen molar-refractivity contribution >= 4 is 17.0 Å². The van der Waals surface area contributed by atoms with Gasteiger partial charge in [-0.25, -0.2) is 4.98 Å². The van der Waals surface area contributed by atoms with E-state index in [0.29, 0.717) is 0 Å². The van der Waals surface area contributed by atoms with E-state index in [0.717, 1.165) is 29.4 Å². The van der Waals surface area contributed by atoms with Gasteiger partial charge in [0.25, 0.3) is 0 Å². The lowest BCUT2D eigenvalue weighted by Crippen LogP contribution is -2.13. The molecular weight excluding hydrogens is 212 g/mol. The maximum atomic E-state index is 4.49. The van der Waals surface area contributed by atoms with Crippen LogP contribution in [0, 0.1) is 5.92 Å². The minimum Gasteiger partial charge on any atom is -0.356 e. The standard InChI is InChI=1S/C13H18N4/c1-2-4-12-11(3-1)16-13(17-12)15-8-6-10-5-7-14-9-10/h1-4,10,14H,5-9H2,(H2,15,16,17). The molecule has 4 heteroatoms. The topological polar surface area (TPSA) is 52.7 Å². The second-order valence-electron chi connectivity index (χ2n) is 4.68. The molecule has 1 fully saturated rings. The van der Waals surface area contributed by atoms with Crippen molar-refractivity contribution < 1.29 is 0 Å². The van der Waals surface area contributed by atoms with Gasteiger partial charge in [0.05, 0.1) is 11.0 Å². The molecule has 0 spiro atoms. The van der Waals surface area contributed by atoms with E-state index in [1.54, 1.807) is 0 Å². The van der Waals surface area contributed by atoms with Gasteiger partial charge in [-0.1, -0.05) is 12.1 Å². The van der Waals surface area contributed by atoms with Crippen LogP contribution in [0.25, 0.3) is 11.0 Å². The van der Waals surface area contributed by atoms with Crippen molar-refractivity contribution in [2.45, 2.75) is 12.8 Å². The first-order valence-corrected chi connectivity index (χ1v) is 6.31. The van der Waals surface area contributed by atoms with E-state index in [2.05, 4.69) is 26.7 Å². The Morgan fingerprint density at radius 2 is 2.29 bits per heavy atom. The van der Waals surface area contributed by atoms with Gasteiger partial charge in [0, 0.05) is 6.54 Å². The first kappa shape index (κ1) is 10.6. The molecule has 1 aromatic carbocycles. The number of H-pyrrole nitrogens is 1. The summed E-state index contributed by atoms with van der Waals surface area (Å²) in [7, 11) is 0. The third-order valence-corrected chi connectivity index (χ3v) is 3.40. The molecule has 1 aliphatic heterocycles. The number of nitrogens with one attached hydrogen (secondary N) is 3. The molecule has 0 aliphatic carbocycles. The molecule has 3 rings (SSSR count). The molecule has 90 valence electrons. The van der Waals surface area contributed by atoms with E-state index in [1.165, 1.54) is 25.9 Å². The van der Waals surface area contributed by atoms with Crippen molar-refractivity contribution in [1.29, 1.82) is 0 Å². The average molecular weight is 230 g/mol. The highest BCUT2D eigenvalue weighted by molar-refractivity contribution is 5.77. The Labute approximate surface area is 101 Å². The highest BCUT2D eigenvalue weighted by atomic mass is 15.1. The van der Waals surface area contributed by atoms with Gasteiger partial charge in [-0.15, -0.1) is 0 Å². The quantitative estimate of drug-likeness (QED) is 0.752. The summed E-state index contributed by atoms with van der Waals surface area (Å²) in [5.74, 6) is 1.71. The molecule has 4 nitrogen and oxygen atoms in total. The summed E-state index contributed by atoms with van der Waals surface area (Å²) in [6, 6.07) is 8.11. The number of fused-ring (bicyclic) bond motifs is 1. The van der Waals surface area contributed by atoms with E-state index in [-0.39, 0.29) is 0 Å². The molecule has 0 bridgehead atoms. The number of para-hydroxylation sites is 2. The molecule has 1 aliphatic rings. The summed E-state index contributed by atoms with van der Waals surface area (Å²) in [5, 5.41) is 6.76. The predicted octanol–water partition coefficient (Wildman–Crippen LogP) is 1.97. The number of aromatic nitrogens is 2. The number of aromatic amines is 1. The lowest BCUT2D eigenvalue weighted by atomic mass is 10.1. The Morgan fingerprint density at radius 1 is 1.35 bits per heavy atom. The van der Waals surface area contributed by atoms with E-state index in [1.807, 2.05) is 18.2 Å². The van der Waals surface area contributed by atoms with Gasteiger partial charge in [-0.2, -0.15) is 0 Å². The zero-order valence-corrected chi connectivity index (χ0v) is 9.87. The second-order valence-corrected chi connectivity index (χ2v) is 4.68. The van der Waals surface area contributed by atoms with E-state index in [9.17, 15) is 0 Å². The number of benzene rings is 1. The Bertz CT molecular complexity index is 452. The molecule has 2 heterocycles. The zero-order chi connectivity index (χ0) is 11.5. The zero-order valence-electron chi connectivity index (χ0n) is 9.87. The summed E-state index contributed by atoms with van der Waals surface area (Å²) >= 11 is 0. The van der Waals surface area contributed by atoms with Crippen molar-refractivity contribution in [2.24, 2.45) is 5.92 Å². The molecule has 0 saturated carbocycles. The normalized spacial score (nSPS) is 19.9. The van der Waals surface area contributed by atoms with Crippen LogP contribution in [-0.2, 0) is 0 Å². The van der Waals surface area contributed by atoms with Crippen molar-refractivity contribution in [3.63, 3.8) is 0 Å². The number of rotatable bonds is 4. The molecular formula is C13H18N4. The van der Waals surface area contributed by atoms with Gasteiger partial charge < -0.3 is 15.6 Å². The van der Waals surface area contributed by atoms with Crippen LogP contribution in [0.5, 0.6) is 0 Å². The van der Waals surface area contributed by atoms with Crippen LogP contribution in [0.15, 0.2) is 24.3 Å². The number of hydrogen-bond acceptors (Lipinski definition) is 3. The fraction of sp³-hybridized carbons (Fsp3) is 0.462. The smallest absolute Gasteiger partial charge is 0.201 e. The van der Waals surface area contributed by atoms with Crippen LogP contribution in [-0.4, -0.2) is 29.6 Å². The van der Waals surface area contributed by atoms with Gasteiger partial charge in [0.2, 0.25) is 5.95 Å². The summed E-state index contributed by atoms with van der Waals surface area (Å²) in [6.07, 6.45) is 2.52. The molecule has 2 aromatic rings. The van der Waals surface area contributed by atoms with E-state index in [4.69, 9.17) is 0 Å². The molecule has 1 saturated heterocycles. The highest BCUT2D eigenvalue weighted by Gasteiger charge is 2.13. The molecule has 1 unspecified atom stereocenters. The lowest BCUT2D eigenvalue weighted by molar-refractivity contribution is 0.548. The van der Waals surface area contributed by atoms with Crippen molar-refractivity contribution in [2.75, 3.05) is 25.0 Å². The monoisotopic (exact) mass is 230 g/mol.